The standard InChI is InChI=1S/C25H19FN4O3/c26-19-3-1-2-18(11-19)21-12-24(29-14-28-21)30-20-7-5-17(6-8-20)25(31)27-13-16-4-9-22-23(10-16)33-15-32-22/h1-12,14H,13,15H2,(H,27,31)(H,28,29,30). The zero-order chi connectivity index (χ0) is 22.6. The Morgan fingerprint density at radius 1 is 0.939 bits per heavy atom. The molecule has 0 unspecified atom stereocenters. The first kappa shape index (κ1) is 20.4. The highest BCUT2D eigenvalue weighted by Crippen LogP contribution is 2.32. The summed E-state index contributed by atoms with van der Waals surface area (Å²) in [6, 6.07) is 20.6. The van der Waals surface area contributed by atoms with E-state index in [4.69, 9.17) is 9.47 Å². The molecule has 0 aliphatic carbocycles. The van der Waals surface area contributed by atoms with Crippen molar-refractivity contribution in [2.75, 3.05) is 12.1 Å². The quantitative estimate of drug-likeness (QED) is 0.451. The number of nitrogens with zero attached hydrogens (tertiary/aromatic N) is 2. The lowest BCUT2D eigenvalue weighted by Gasteiger charge is -2.09. The summed E-state index contributed by atoms with van der Waals surface area (Å²) < 4.78 is 24.2. The molecule has 7 nitrogen and oxygen atoms in total. The van der Waals surface area contributed by atoms with E-state index in [1.165, 1.54) is 18.5 Å². The number of carbonyl (C=O) groups excluding carboxylic acids is 1. The van der Waals surface area contributed by atoms with Crippen molar-refractivity contribution in [3.8, 4) is 22.8 Å². The van der Waals surface area contributed by atoms with Crippen molar-refractivity contribution in [1.82, 2.24) is 15.3 Å². The summed E-state index contributed by atoms with van der Waals surface area (Å²) in [5.74, 6) is 1.44. The Morgan fingerprint density at radius 2 is 1.79 bits per heavy atom. The summed E-state index contributed by atoms with van der Waals surface area (Å²) in [7, 11) is 0. The Balaban J connectivity index is 1.21. The maximum absolute atomic E-state index is 13.5. The number of amides is 1. The minimum atomic E-state index is -0.326. The van der Waals surface area contributed by atoms with Crippen LogP contribution in [0.4, 0.5) is 15.9 Å². The molecule has 0 atom stereocenters. The number of ether oxygens (including phenoxy) is 2. The van der Waals surface area contributed by atoms with Gasteiger partial charge in [0.2, 0.25) is 6.79 Å². The first-order valence-electron chi connectivity index (χ1n) is 10.3. The molecule has 2 heterocycles. The number of fused-ring (bicyclic) bond motifs is 1. The van der Waals surface area contributed by atoms with Gasteiger partial charge in [-0.05, 0) is 54.1 Å². The first-order chi connectivity index (χ1) is 16.1. The van der Waals surface area contributed by atoms with Gasteiger partial charge in [0, 0.05) is 29.4 Å². The van der Waals surface area contributed by atoms with Crippen LogP contribution in [0.5, 0.6) is 11.5 Å². The van der Waals surface area contributed by atoms with Gasteiger partial charge in [-0.1, -0.05) is 18.2 Å². The summed E-state index contributed by atoms with van der Waals surface area (Å²) in [6.07, 6.45) is 1.42. The maximum atomic E-state index is 13.5. The van der Waals surface area contributed by atoms with Crippen molar-refractivity contribution < 1.29 is 18.7 Å². The minimum absolute atomic E-state index is 0.186. The Bertz CT molecular complexity index is 1310. The molecule has 0 radical (unpaired) electrons. The first-order valence-corrected chi connectivity index (χ1v) is 10.3. The van der Waals surface area contributed by atoms with Gasteiger partial charge in [-0.25, -0.2) is 14.4 Å². The van der Waals surface area contributed by atoms with E-state index in [2.05, 4.69) is 20.6 Å². The fourth-order valence-corrected chi connectivity index (χ4v) is 3.42. The Labute approximate surface area is 189 Å². The van der Waals surface area contributed by atoms with Gasteiger partial charge in [-0.2, -0.15) is 0 Å². The van der Waals surface area contributed by atoms with Crippen LogP contribution in [0.2, 0.25) is 0 Å². The van der Waals surface area contributed by atoms with E-state index in [1.54, 1.807) is 42.5 Å². The van der Waals surface area contributed by atoms with Crippen LogP contribution in [-0.4, -0.2) is 22.7 Å². The molecule has 1 aliphatic heterocycles. The SMILES string of the molecule is O=C(NCc1ccc2c(c1)OCO2)c1ccc(Nc2cc(-c3cccc(F)c3)ncn2)cc1. The van der Waals surface area contributed by atoms with E-state index in [0.29, 0.717) is 40.7 Å². The molecule has 5 rings (SSSR count). The number of carbonyl (C=O) groups is 1. The third-order valence-corrected chi connectivity index (χ3v) is 5.10. The van der Waals surface area contributed by atoms with Crippen LogP contribution in [0.25, 0.3) is 11.3 Å². The Hall–Kier alpha value is -4.46. The largest absolute Gasteiger partial charge is 0.454 e. The third kappa shape index (κ3) is 4.74. The van der Waals surface area contributed by atoms with E-state index in [-0.39, 0.29) is 18.5 Å². The molecule has 3 aromatic carbocycles. The Morgan fingerprint density at radius 3 is 2.64 bits per heavy atom. The lowest BCUT2D eigenvalue weighted by atomic mass is 10.1. The van der Waals surface area contributed by atoms with Gasteiger partial charge in [-0.3, -0.25) is 4.79 Å². The van der Waals surface area contributed by atoms with Crippen molar-refractivity contribution in [3.05, 3.63) is 96.1 Å². The number of anilines is 2. The second-order valence-corrected chi connectivity index (χ2v) is 7.37. The minimum Gasteiger partial charge on any atom is -0.454 e. The van der Waals surface area contributed by atoms with Crippen LogP contribution in [0.3, 0.4) is 0 Å². The summed E-state index contributed by atoms with van der Waals surface area (Å²) in [6.45, 7) is 0.589. The molecular formula is C25H19FN4O3. The maximum Gasteiger partial charge on any atom is 0.251 e. The molecule has 1 aliphatic rings. The van der Waals surface area contributed by atoms with Gasteiger partial charge in [0.1, 0.15) is 18.0 Å². The van der Waals surface area contributed by atoms with Crippen LogP contribution in [0.1, 0.15) is 15.9 Å². The molecule has 0 saturated carbocycles. The third-order valence-electron chi connectivity index (χ3n) is 5.10. The van der Waals surface area contributed by atoms with Gasteiger partial charge in [0.15, 0.2) is 11.5 Å². The molecule has 164 valence electrons. The number of halogens is 1. The van der Waals surface area contributed by atoms with E-state index < -0.39 is 0 Å². The van der Waals surface area contributed by atoms with Crippen molar-refractivity contribution in [1.29, 1.82) is 0 Å². The van der Waals surface area contributed by atoms with Crippen LogP contribution >= 0.6 is 0 Å². The van der Waals surface area contributed by atoms with Crippen LogP contribution in [0.15, 0.2) is 79.1 Å². The molecule has 0 fully saturated rings. The lowest BCUT2D eigenvalue weighted by molar-refractivity contribution is 0.0951. The average Bonchev–Trinajstić information content (AvgIpc) is 3.31. The molecule has 0 bridgehead atoms. The number of aromatic nitrogens is 2. The van der Waals surface area contributed by atoms with E-state index in [0.717, 1.165) is 11.3 Å². The number of nitrogens with one attached hydrogen (secondary N) is 2. The molecule has 1 amide bonds. The molecule has 4 aromatic rings. The fourth-order valence-electron chi connectivity index (χ4n) is 3.42. The number of rotatable bonds is 6. The summed E-state index contributed by atoms with van der Waals surface area (Å²) >= 11 is 0. The van der Waals surface area contributed by atoms with Crippen LogP contribution < -0.4 is 20.1 Å². The predicted octanol–water partition coefficient (Wildman–Crippen LogP) is 4.69. The summed E-state index contributed by atoms with van der Waals surface area (Å²) in [5.41, 5.74) is 3.47. The second kappa shape index (κ2) is 8.96. The number of benzene rings is 3. The van der Waals surface area contributed by atoms with Gasteiger partial charge >= 0.3 is 0 Å². The molecule has 0 spiro atoms. The van der Waals surface area contributed by atoms with Gasteiger partial charge in [0.25, 0.3) is 5.91 Å². The van der Waals surface area contributed by atoms with Crippen molar-refractivity contribution in [3.63, 3.8) is 0 Å². The van der Waals surface area contributed by atoms with Gasteiger partial charge in [0.05, 0.1) is 5.69 Å². The molecule has 8 heteroatoms. The van der Waals surface area contributed by atoms with E-state index in [9.17, 15) is 9.18 Å². The van der Waals surface area contributed by atoms with Crippen LogP contribution in [0, 0.1) is 5.82 Å². The van der Waals surface area contributed by atoms with E-state index in [1.807, 2.05) is 18.2 Å². The predicted molar refractivity (Wildman–Crippen MR) is 121 cm³/mol. The normalized spacial score (nSPS) is 11.8. The molecule has 33 heavy (non-hydrogen) atoms. The highest BCUT2D eigenvalue weighted by molar-refractivity contribution is 5.94. The summed E-state index contributed by atoms with van der Waals surface area (Å²) in [4.78, 5) is 20.9. The van der Waals surface area contributed by atoms with Gasteiger partial charge < -0.3 is 20.1 Å². The smallest absolute Gasteiger partial charge is 0.251 e. The zero-order valence-corrected chi connectivity index (χ0v) is 17.4. The number of hydrogen-bond acceptors (Lipinski definition) is 6. The van der Waals surface area contributed by atoms with E-state index >= 15 is 0 Å². The highest BCUT2D eigenvalue weighted by atomic mass is 19.1. The molecule has 0 saturated heterocycles. The van der Waals surface area contributed by atoms with Crippen molar-refractivity contribution >= 4 is 17.4 Å². The monoisotopic (exact) mass is 442 g/mol. The topological polar surface area (TPSA) is 85.4 Å². The van der Waals surface area contributed by atoms with Crippen molar-refractivity contribution in [2.24, 2.45) is 0 Å². The molecular weight excluding hydrogens is 423 g/mol. The van der Waals surface area contributed by atoms with Gasteiger partial charge in [-0.15, -0.1) is 0 Å². The second-order valence-electron chi connectivity index (χ2n) is 7.37. The molecule has 2 N–H and O–H groups in total. The average molecular weight is 442 g/mol. The summed E-state index contributed by atoms with van der Waals surface area (Å²) in [5, 5.41) is 6.07. The lowest BCUT2D eigenvalue weighted by Crippen LogP contribution is -2.22. The molecule has 1 aromatic heterocycles. The fraction of sp³-hybridized carbons (Fsp3) is 0.0800. The van der Waals surface area contributed by atoms with Crippen molar-refractivity contribution in [2.45, 2.75) is 6.54 Å². The van der Waals surface area contributed by atoms with Crippen LogP contribution in [-0.2, 0) is 6.54 Å². The Kier molecular flexibility index (Phi) is 5.55. The number of hydrogen-bond donors (Lipinski definition) is 2. The zero-order valence-electron chi connectivity index (χ0n) is 17.4. The highest BCUT2D eigenvalue weighted by Gasteiger charge is 2.14.